The first-order valence-corrected chi connectivity index (χ1v) is 7.30. The zero-order chi connectivity index (χ0) is 14.2. The van der Waals surface area contributed by atoms with Gasteiger partial charge in [0.05, 0.1) is 5.52 Å². The molecule has 3 aromatic rings. The smallest absolute Gasteiger partial charge is 0.189 e. The van der Waals surface area contributed by atoms with Gasteiger partial charge in [-0.15, -0.1) is 0 Å². The van der Waals surface area contributed by atoms with Gasteiger partial charge in [-0.05, 0) is 42.7 Å². The maximum absolute atomic E-state index is 12.0. The number of hydrogen-bond donors (Lipinski definition) is 1. The maximum atomic E-state index is 12.0. The summed E-state index contributed by atoms with van der Waals surface area (Å²) in [6.45, 7) is 1.03. The van der Waals surface area contributed by atoms with Crippen LogP contribution in [0.3, 0.4) is 0 Å². The third-order valence-electron chi connectivity index (χ3n) is 4.11. The van der Waals surface area contributed by atoms with Crippen molar-refractivity contribution in [1.29, 1.82) is 0 Å². The van der Waals surface area contributed by atoms with E-state index in [0.717, 1.165) is 29.6 Å². The molecular weight excluding hydrogens is 260 g/mol. The molecule has 3 heteroatoms. The minimum atomic E-state index is 0.0675. The van der Waals surface area contributed by atoms with Crippen molar-refractivity contribution in [2.24, 2.45) is 0 Å². The Morgan fingerprint density at radius 1 is 1.05 bits per heavy atom. The second kappa shape index (κ2) is 4.77. The van der Waals surface area contributed by atoms with Crippen molar-refractivity contribution >= 4 is 16.6 Å². The maximum Gasteiger partial charge on any atom is 0.189 e. The van der Waals surface area contributed by atoms with Crippen LogP contribution in [0.15, 0.2) is 59.5 Å². The second-order valence-electron chi connectivity index (χ2n) is 5.44. The molecule has 0 saturated heterocycles. The minimum Gasteiger partial charge on any atom is -0.385 e. The molecule has 0 saturated carbocycles. The van der Waals surface area contributed by atoms with Crippen molar-refractivity contribution in [3.8, 4) is 5.69 Å². The third kappa shape index (κ3) is 2.02. The van der Waals surface area contributed by atoms with Gasteiger partial charge in [0, 0.05) is 35.6 Å². The van der Waals surface area contributed by atoms with E-state index in [1.165, 1.54) is 17.7 Å². The highest BCUT2D eigenvalue weighted by Gasteiger charge is 2.10. The van der Waals surface area contributed by atoms with Crippen molar-refractivity contribution in [1.82, 2.24) is 4.57 Å². The Morgan fingerprint density at radius 3 is 2.90 bits per heavy atom. The molecule has 0 fully saturated rings. The molecule has 0 radical (unpaired) electrons. The third-order valence-corrected chi connectivity index (χ3v) is 4.11. The molecule has 0 amide bonds. The first-order chi connectivity index (χ1) is 10.3. The molecule has 104 valence electrons. The van der Waals surface area contributed by atoms with Crippen molar-refractivity contribution in [3.05, 3.63) is 70.5 Å². The van der Waals surface area contributed by atoms with Crippen LogP contribution in [0.1, 0.15) is 12.0 Å². The fourth-order valence-electron chi connectivity index (χ4n) is 3.03. The highest BCUT2D eigenvalue weighted by Crippen LogP contribution is 2.26. The summed E-state index contributed by atoms with van der Waals surface area (Å²) in [6, 6.07) is 15.9. The lowest BCUT2D eigenvalue weighted by atomic mass is 10.0. The van der Waals surface area contributed by atoms with E-state index in [0.29, 0.717) is 0 Å². The van der Waals surface area contributed by atoms with Crippen molar-refractivity contribution in [2.45, 2.75) is 12.8 Å². The predicted molar refractivity (Wildman–Crippen MR) is 86.4 cm³/mol. The zero-order valence-electron chi connectivity index (χ0n) is 11.7. The van der Waals surface area contributed by atoms with E-state index < -0.39 is 0 Å². The van der Waals surface area contributed by atoms with Crippen molar-refractivity contribution in [2.75, 3.05) is 11.9 Å². The number of rotatable bonds is 1. The number of para-hydroxylation sites is 1. The van der Waals surface area contributed by atoms with E-state index in [9.17, 15) is 4.79 Å². The Morgan fingerprint density at radius 2 is 1.95 bits per heavy atom. The zero-order valence-corrected chi connectivity index (χ0v) is 11.7. The summed E-state index contributed by atoms with van der Waals surface area (Å²) >= 11 is 0. The normalized spacial score (nSPS) is 13.7. The summed E-state index contributed by atoms with van der Waals surface area (Å²) < 4.78 is 2.08. The van der Waals surface area contributed by atoms with Gasteiger partial charge < -0.3 is 9.88 Å². The summed E-state index contributed by atoms with van der Waals surface area (Å²) in [5, 5.41) is 4.21. The average Bonchev–Trinajstić information content (AvgIpc) is 2.55. The number of benzene rings is 2. The number of pyridine rings is 1. The van der Waals surface area contributed by atoms with Gasteiger partial charge in [-0.25, -0.2) is 0 Å². The molecule has 1 aromatic heterocycles. The Kier molecular flexibility index (Phi) is 2.78. The lowest BCUT2D eigenvalue weighted by Gasteiger charge is -2.20. The van der Waals surface area contributed by atoms with Gasteiger partial charge >= 0.3 is 0 Å². The van der Waals surface area contributed by atoms with Crippen LogP contribution in [0.2, 0.25) is 0 Å². The molecule has 4 rings (SSSR count). The van der Waals surface area contributed by atoms with Crippen LogP contribution in [-0.4, -0.2) is 11.1 Å². The Balaban J connectivity index is 1.95. The summed E-state index contributed by atoms with van der Waals surface area (Å²) in [5.74, 6) is 0. The van der Waals surface area contributed by atoms with Gasteiger partial charge in [-0.2, -0.15) is 0 Å². The first-order valence-electron chi connectivity index (χ1n) is 7.30. The fourth-order valence-corrected chi connectivity index (χ4v) is 3.03. The van der Waals surface area contributed by atoms with Crippen molar-refractivity contribution < 1.29 is 0 Å². The molecule has 1 aliphatic heterocycles. The Bertz CT molecular complexity index is 880. The van der Waals surface area contributed by atoms with E-state index in [4.69, 9.17) is 0 Å². The molecule has 0 bridgehead atoms. The van der Waals surface area contributed by atoms with E-state index >= 15 is 0 Å². The summed E-state index contributed by atoms with van der Waals surface area (Å²) in [4.78, 5) is 12.0. The predicted octanol–water partition coefficient (Wildman–Crippen LogP) is 3.35. The molecule has 21 heavy (non-hydrogen) atoms. The van der Waals surface area contributed by atoms with Gasteiger partial charge in [-0.3, -0.25) is 4.79 Å². The highest BCUT2D eigenvalue weighted by molar-refractivity contribution is 5.80. The van der Waals surface area contributed by atoms with Gasteiger partial charge in [0.15, 0.2) is 5.43 Å². The standard InChI is InChI=1S/C18H16N2O/c21-18-9-11-20(17-6-2-1-5-15(17)18)14-8-7-13-4-3-10-19-16(13)12-14/h1-2,5-9,11-12,19H,3-4,10H2. The average molecular weight is 276 g/mol. The largest absolute Gasteiger partial charge is 0.385 e. The van der Waals surface area contributed by atoms with Crippen LogP contribution in [0.5, 0.6) is 0 Å². The quantitative estimate of drug-likeness (QED) is 0.739. The molecule has 2 aromatic carbocycles. The number of aryl methyl sites for hydroxylation is 1. The van der Waals surface area contributed by atoms with E-state index in [2.05, 4.69) is 28.1 Å². The number of anilines is 1. The number of aromatic nitrogens is 1. The molecule has 0 atom stereocenters. The van der Waals surface area contributed by atoms with Crippen LogP contribution >= 0.6 is 0 Å². The lowest BCUT2D eigenvalue weighted by molar-refractivity contribution is 0.829. The van der Waals surface area contributed by atoms with E-state index in [1.54, 1.807) is 6.07 Å². The van der Waals surface area contributed by atoms with Crippen LogP contribution in [-0.2, 0) is 6.42 Å². The number of fused-ring (bicyclic) bond motifs is 2. The van der Waals surface area contributed by atoms with Gasteiger partial charge in [0.1, 0.15) is 0 Å². The lowest BCUT2D eigenvalue weighted by Crippen LogP contribution is -2.12. The van der Waals surface area contributed by atoms with Gasteiger partial charge in [0.2, 0.25) is 0 Å². The number of hydrogen-bond acceptors (Lipinski definition) is 2. The number of nitrogens with zero attached hydrogens (tertiary/aromatic N) is 1. The Hall–Kier alpha value is -2.55. The summed E-state index contributed by atoms with van der Waals surface area (Å²) in [5.41, 5.74) is 4.68. The molecular formula is C18H16N2O. The van der Waals surface area contributed by atoms with Crippen LogP contribution in [0.4, 0.5) is 5.69 Å². The van der Waals surface area contributed by atoms with E-state index in [-0.39, 0.29) is 5.43 Å². The fraction of sp³-hybridized carbons (Fsp3) is 0.167. The van der Waals surface area contributed by atoms with Crippen LogP contribution < -0.4 is 10.7 Å². The topological polar surface area (TPSA) is 34.0 Å². The minimum absolute atomic E-state index is 0.0675. The summed E-state index contributed by atoms with van der Waals surface area (Å²) in [7, 11) is 0. The first kappa shape index (κ1) is 12.2. The van der Waals surface area contributed by atoms with Crippen LogP contribution in [0.25, 0.3) is 16.6 Å². The SMILES string of the molecule is O=c1ccn(-c2ccc3c(c2)NCCC3)c2ccccc12. The van der Waals surface area contributed by atoms with Crippen LogP contribution in [0, 0.1) is 0 Å². The molecule has 3 nitrogen and oxygen atoms in total. The van der Waals surface area contributed by atoms with E-state index in [1.807, 2.05) is 30.5 Å². The van der Waals surface area contributed by atoms with Crippen molar-refractivity contribution in [3.63, 3.8) is 0 Å². The monoisotopic (exact) mass is 276 g/mol. The van der Waals surface area contributed by atoms with Gasteiger partial charge in [-0.1, -0.05) is 18.2 Å². The molecule has 1 aliphatic rings. The molecule has 0 aliphatic carbocycles. The molecule has 0 spiro atoms. The molecule has 0 unspecified atom stereocenters. The van der Waals surface area contributed by atoms with Gasteiger partial charge in [0.25, 0.3) is 0 Å². The highest BCUT2D eigenvalue weighted by atomic mass is 16.1. The number of nitrogens with one attached hydrogen (secondary N) is 1. The summed E-state index contributed by atoms with van der Waals surface area (Å²) in [6.07, 6.45) is 4.18. The molecule has 1 N–H and O–H groups in total. The second-order valence-corrected chi connectivity index (χ2v) is 5.44. The molecule has 2 heterocycles. The Labute approximate surface area is 122 Å².